The van der Waals surface area contributed by atoms with Crippen molar-refractivity contribution in [2.75, 3.05) is 5.32 Å². The Morgan fingerprint density at radius 3 is 3.06 bits per heavy atom. The molecule has 3 rings (SSSR count). The van der Waals surface area contributed by atoms with E-state index in [1.54, 1.807) is 6.07 Å². The molecule has 90 valence electrons. The number of nitriles is 1. The molecule has 18 heavy (non-hydrogen) atoms. The summed E-state index contributed by atoms with van der Waals surface area (Å²) < 4.78 is 0. The molecule has 2 N–H and O–H groups in total. The fourth-order valence-corrected chi connectivity index (χ4v) is 2.96. The Kier molecular flexibility index (Phi) is 2.34. The molecule has 0 radical (unpaired) electrons. The van der Waals surface area contributed by atoms with Crippen molar-refractivity contribution in [1.82, 2.24) is 0 Å². The maximum Gasteiger partial charge on any atom is 0.326 e. The van der Waals surface area contributed by atoms with E-state index in [4.69, 9.17) is 5.26 Å². The van der Waals surface area contributed by atoms with Gasteiger partial charge in [0.1, 0.15) is 12.1 Å². The van der Waals surface area contributed by atoms with Gasteiger partial charge in [0.2, 0.25) is 0 Å². The lowest BCUT2D eigenvalue weighted by Crippen LogP contribution is -2.42. The van der Waals surface area contributed by atoms with Crippen molar-refractivity contribution in [3.05, 3.63) is 41.5 Å². The average molecular weight is 240 g/mol. The zero-order valence-corrected chi connectivity index (χ0v) is 9.63. The van der Waals surface area contributed by atoms with Crippen LogP contribution in [0, 0.1) is 17.2 Å². The number of carboxylic acid groups (broad SMARTS) is 1. The zero-order chi connectivity index (χ0) is 12.7. The van der Waals surface area contributed by atoms with Crippen molar-refractivity contribution in [1.29, 1.82) is 5.26 Å². The van der Waals surface area contributed by atoms with Crippen molar-refractivity contribution >= 4 is 11.7 Å². The zero-order valence-electron chi connectivity index (χ0n) is 9.63. The van der Waals surface area contributed by atoms with E-state index >= 15 is 0 Å². The molecule has 1 aliphatic heterocycles. The summed E-state index contributed by atoms with van der Waals surface area (Å²) in [7, 11) is 0. The van der Waals surface area contributed by atoms with Crippen LogP contribution < -0.4 is 5.32 Å². The van der Waals surface area contributed by atoms with E-state index in [9.17, 15) is 9.90 Å². The van der Waals surface area contributed by atoms with Gasteiger partial charge in [-0.05, 0) is 18.1 Å². The van der Waals surface area contributed by atoms with Crippen molar-refractivity contribution in [2.45, 2.75) is 18.4 Å². The summed E-state index contributed by atoms with van der Waals surface area (Å²) in [5.41, 5.74) is 2.23. The van der Waals surface area contributed by atoms with Gasteiger partial charge in [0, 0.05) is 11.8 Å². The topological polar surface area (TPSA) is 73.1 Å². The van der Waals surface area contributed by atoms with E-state index in [0.717, 1.165) is 12.0 Å². The number of allylic oxidation sites excluding steroid dienone is 2. The van der Waals surface area contributed by atoms with Gasteiger partial charge < -0.3 is 10.4 Å². The highest BCUT2D eigenvalue weighted by Gasteiger charge is 2.41. The lowest BCUT2D eigenvalue weighted by molar-refractivity contribution is -0.139. The molecule has 3 atom stereocenters. The maximum atomic E-state index is 11.3. The normalized spacial score (nSPS) is 27.8. The van der Waals surface area contributed by atoms with Crippen LogP contribution in [-0.4, -0.2) is 17.1 Å². The third-order valence-corrected chi connectivity index (χ3v) is 3.78. The molecule has 1 aromatic rings. The molecule has 0 amide bonds. The second-order valence-corrected chi connectivity index (χ2v) is 4.70. The smallest absolute Gasteiger partial charge is 0.326 e. The average Bonchev–Trinajstić information content (AvgIpc) is 2.86. The first-order valence-corrected chi connectivity index (χ1v) is 5.91. The molecule has 2 aliphatic rings. The van der Waals surface area contributed by atoms with Gasteiger partial charge in [-0.1, -0.05) is 24.3 Å². The van der Waals surface area contributed by atoms with Crippen molar-refractivity contribution < 1.29 is 9.90 Å². The Labute approximate surface area is 105 Å². The van der Waals surface area contributed by atoms with Crippen molar-refractivity contribution in [2.24, 2.45) is 5.92 Å². The number of benzene rings is 1. The number of fused-ring (bicyclic) bond motifs is 3. The molecule has 0 aromatic heterocycles. The van der Waals surface area contributed by atoms with Crippen LogP contribution in [0.3, 0.4) is 0 Å². The van der Waals surface area contributed by atoms with Gasteiger partial charge in [0.05, 0.1) is 11.3 Å². The predicted octanol–water partition coefficient (Wildman–Crippen LogP) is 2.10. The van der Waals surface area contributed by atoms with Crippen LogP contribution in [0.2, 0.25) is 0 Å². The molecule has 0 saturated carbocycles. The highest BCUT2D eigenvalue weighted by atomic mass is 16.4. The van der Waals surface area contributed by atoms with E-state index < -0.39 is 12.0 Å². The first kappa shape index (κ1) is 10.8. The minimum absolute atomic E-state index is 0.0453. The summed E-state index contributed by atoms with van der Waals surface area (Å²) >= 11 is 0. The Bertz CT molecular complexity index is 586. The highest BCUT2D eigenvalue weighted by Crippen LogP contribution is 2.45. The fourth-order valence-electron chi connectivity index (χ4n) is 2.96. The third-order valence-electron chi connectivity index (χ3n) is 3.78. The van der Waals surface area contributed by atoms with Gasteiger partial charge in [-0.3, -0.25) is 0 Å². The van der Waals surface area contributed by atoms with Crippen LogP contribution in [0.15, 0.2) is 30.4 Å². The van der Waals surface area contributed by atoms with Crippen LogP contribution in [-0.2, 0) is 4.79 Å². The van der Waals surface area contributed by atoms with Crippen LogP contribution in [0.4, 0.5) is 5.69 Å². The molecule has 1 aliphatic carbocycles. The molecular weight excluding hydrogens is 228 g/mol. The Balaban J connectivity index is 2.15. The summed E-state index contributed by atoms with van der Waals surface area (Å²) in [6, 6.07) is 7.03. The number of carboxylic acids is 1. The van der Waals surface area contributed by atoms with Gasteiger partial charge in [0.15, 0.2) is 0 Å². The molecule has 1 aromatic carbocycles. The van der Waals surface area contributed by atoms with Crippen LogP contribution in [0.1, 0.15) is 23.5 Å². The predicted molar refractivity (Wildman–Crippen MR) is 66.2 cm³/mol. The quantitative estimate of drug-likeness (QED) is 0.737. The molecule has 0 saturated heterocycles. The molecule has 4 nitrogen and oxygen atoms in total. The minimum atomic E-state index is -0.855. The van der Waals surface area contributed by atoms with Gasteiger partial charge in [-0.15, -0.1) is 0 Å². The lowest BCUT2D eigenvalue weighted by atomic mass is 9.78. The van der Waals surface area contributed by atoms with E-state index in [2.05, 4.69) is 17.5 Å². The van der Waals surface area contributed by atoms with E-state index in [1.165, 1.54) is 0 Å². The molecule has 3 unspecified atom stereocenters. The molecule has 0 spiro atoms. The number of aliphatic carboxylic acids is 1. The number of nitrogens with one attached hydrogen (secondary N) is 1. The first-order chi connectivity index (χ1) is 8.72. The van der Waals surface area contributed by atoms with Crippen molar-refractivity contribution in [3.8, 4) is 6.07 Å². The second-order valence-electron chi connectivity index (χ2n) is 4.70. The van der Waals surface area contributed by atoms with E-state index in [-0.39, 0.29) is 11.8 Å². The number of hydrogen-bond donors (Lipinski definition) is 2. The molecule has 0 bridgehead atoms. The number of hydrogen-bond acceptors (Lipinski definition) is 3. The first-order valence-electron chi connectivity index (χ1n) is 5.91. The van der Waals surface area contributed by atoms with Gasteiger partial charge in [-0.2, -0.15) is 5.26 Å². The summed E-state index contributed by atoms with van der Waals surface area (Å²) in [6.45, 7) is 0. The van der Waals surface area contributed by atoms with Gasteiger partial charge in [0.25, 0.3) is 0 Å². The summed E-state index contributed by atoms with van der Waals surface area (Å²) in [6.07, 6.45) is 4.85. The largest absolute Gasteiger partial charge is 0.480 e. The second kappa shape index (κ2) is 3.88. The number of anilines is 1. The molecule has 1 heterocycles. The highest BCUT2D eigenvalue weighted by molar-refractivity contribution is 5.82. The minimum Gasteiger partial charge on any atom is -0.480 e. The Hall–Kier alpha value is -2.28. The fraction of sp³-hybridized carbons (Fsp3) is 0.286. The monoisotopic (exact) mass is 240 g/mol. The Morgan fingerprint density at radius 1 is 1.50 bits per heavy atom. The van der Waals surface area contributed by atoms with E-state index in [1.807, 2.05) is 18.2 Å². The number of rotatable bonds is 1. The number of carbonyl (C=O) groups is 1. The summed E-state index contributed by atoms with van der Waals surface area (Å²) in [5.74, 6) is -0.702. The maximum absolute atomic E-state index is 11.3. The summed E-state index contributed by atoms with van der Waals surface area (Å²) in [5, 5.41) is 21.4. The van der Waals surface area contributed by atoms with Gasteiger partial charge in [-0.25, -0.2) is 4.79 Å². The van der Waals surface area contributed by atoms with Crippen LogP contribution in [0.5, 0.6) is 0 Å². The lowest BCUT2D eigenvalue weighted by Gasteiger charge is -2.35. The van der Waals surface area contributed by atoms with Gasteiger partial charge >= 0.3 is 5.97 Å². The molecular formula is C14H12N2O2. The van der Waals surface area contributed by atoms with E-state index in [0.29, 0.717) is 11.3 Å². The molecule has 0 fully saturated rings. The van der Waals surface area contributed by atoms with Crippen molar-refractivity contribution in [3.63, 3.8) is 0 Å². The summed E-state index contributed by atoms with van der Waals surface area (Å²) in [4.78, 5) is 11.3. The standard InChI is InChI=1S/C14H12N2O2/c15-7-8-3-1-5-10-9-4-2-6-11(9)13(14(17)18)16-12(8)10/h1-5,9,11,13,16H,6H2,(H,17,18). The third kappa shape index (κ3) is 1.41. The number of nitrogens with zero attached hydrogens (tertiary/aromatic N) is 1. The van der Waals surface area contributed by atoms with Crippen LogP contribution >= 0.6 is 0 Å². The van der Waals surface area contributed by atoms with Crippen LogP contribution in [0.25, 0.3) is 0 Å². The number of para-hydroxylation sites is 1. The SMILES string of the molecule is N#Cc1cccc2c1NC(C(=O)O)C1CC=CC21. The molecule has 4 heteroatoms. The Morgan fingerprint density at radius 2 is 2.33 bits per heavy atom.